The summed E-state index contributed by atoms with van der Waals surface area (Å²) in [7, 11) is 0. The maximum atomic E-state index is 13.3. The second-order valence-electron chi connectivity index (χ2n) is 9.91. The molecular weight excluding hydrogens is 524 g/mol. The Bertz CT molecular complexity index is 1300. The predicted molar refractivity (Wildman–Crippen MR) is 142 cm³/mol. The quantitative estimate of drug-likeness (QED) is 0.391. The first-order valence-corrected chi connectivity index (χ1v) is 12.9. The van der Waals surface area contributed by atoms with Gasteiger partial charge in [0.15, 0.2) is 5.60 Å². The number of carbonyl (C=O) groups excluding carboxylic acids is 3. The number of rotatable bonds is 10. The van der Waals surface area contributed by atoms with Crippen LogP contribution in [-0.2, 0) is 19.1 Å². The van der Waals surface area contributed by atoms with Crippen LogP contribution in [0.15, 0.2) is 24.3 Å². The highest BCUT2D eigenvalue weighted by Gasteiger charge is 2.33. The summed E-state index contributed by atoms with van der Waals surface area (Å²) in [5.41, 5.74) is -0.516. The molecule has 1 atom stereocenters. The molecule has 3 N–H and O–H groups in total. The number of aromatic nitrogens is 1. The van der Waals surface area contributed by atoms with Crippen LogP contribution in [0.1, 0.15) is 49.7 Å². The van der Waals surface area contributed by atoms with Gasteiger partial charge in [-0.05, 0) is 51.8 Å². The molecule has 3 rings (SSSR count). The molecule has 0 aliphatic carbocycles. The van der Waals surface area contributed by atoms with Crippen LogP contribution in [-0.4, -0.2) is 99.3 Å². The van der Waals surface area contributed by atoms with Gasteiger partial charge in [-0.3, -0.25) is 14.4 Å². The van der Waals surface area contributed by atoms with Gasteiger partial charge >= 0.3 is 18.0 Å². The zero-order valence-electron chi connectivity index (χ0n) is 22.9. The Kier molecular flexibility index (Phi) is 9.51. The summed E-state index contributed by atoms with van der Waals surface area (Å²) < 4.78 is 10.8. The molecule has 0 bridgehead atoms. The molecule has 13 heteroatoms. The van der Waals surface area contributed by atoms with Gasteiger partial charge in [0.25, 0.3) is 5.91 Å². The van der Waals surface area contributed by atoms with Crippen LogP contribution in [0.4, 0.5) is 4.79 Å². The maximum Gasteiger partial charge on any atom is 0.409 e. The zero-order valence-corrected chi connectivity index (χ0v) is 22.9. The Labute approximate surface area is 231 Å². The van der Waals surface area contributed by atoms with E-state index in [0.29, 0.717) is 10.9 Å². The third-order valence-corrected chi connectivity index (χ3v) is 6.41. The number of fused-ring (bicyclic) bond motifs is 1. The van der Waals surface area contributed by atoms with E-state index in [9.17, 15) is 34.2 Å². The number of nitrogens with zero attached hydrogens (tertiary/aromatic N) is 3. The van der Waals surface area contributed by atoms with Gasteiger partial charge in [-0.25, -0.2) is 14.6 Å². The molecule has 1 saturated heterocycles. The number of carboxylic acid groups (broad SMARTS) is 2. The van der Waals surface area contributed by atoms with Crippen LogP contribution in [0.5, 0.6) is 5.75 Å². The molecule has 1 aromatic carbocycles. The lowest BCUT2D eigenvalue weighted by Gasteiger charge is -2.35. The van der Waals surface area contributed by atoms with E-state index < -0.39 is 41.5 Å². The van der Waals surface area contributed by atoms with E-state index in [1.165, 1.54) is 29.7 Å². The Morgan fingerprint density at radius 1 is 1.05 bits per heavy atom. The molecule has 2 heterocycles. The van der Waals surface area contributed by atoms with Gasteiger partial charge in [0, 0.05) is 44.1 Å². The van der Waals surface area contributed by atoms with Gasteiger partial charge in [0.05, 0.1) is 12.1 Å². The molecule has 3 amide bonds. The predicted octanol–water partition coefficient (Wildman–Crippen LogP) is 2.05. The zero-order chi connectivity index (χ0) is 29.6. The molecule has 1 aliphatic heterocycles. The molecule has 2 aromatic rings. The topological polar surface area (TPSA) is 176 Å². The van der Waals surface area contributed by atoms with Gasteiger partial charge < -0.3 is 34.8 Å². The summed E-state index contributed by atoms with van der Waals surface area (Å²) in [4.78, 5) is 69.0. The van der Waals surface area contributed by atoms with Gasteiger partial charge in [-0.1, -0.05) is 6.07 Å². The van der Waals surface area contributed by atoms with Crippen molar-refractivity contribution in [2.75, 3.05) is 32.8 Å². The van der Waals surface area contributed by atoms with Crippen LogP contribution in [0.25, 0.3) is 10.9 Å². The second kappa shape index (κ2) is 12.6. The highest BCUT2D eigenvalue weighted by atomic mass is 16.6. The van der Waals surface area contributed by atoms with Crippen molar-refractivity contribution in [1.82, 2.24) is 20.1 Å². The summed E-state index contributed by atoms with van der Waals surface area (Å²) in [5, 5.41) is 21.8. The number of piperazine rings is 1. The van der Waals surface area contributed by atoms with Crippen molar-refractivity contribution >= 4 is 40.7 Å². The molecule has 216 valence electrons. The molecule has 40 heavy (non-hydrogen) atoms. The van der Waals surface area contributed by atoms with E-state index in [2.05, 4.69) is 10.3 Å². The molecule has 0 saturated carbocycles. The average molecular weight is 559 g/mol. The lowest BCUT2D eigenvalue weighted by molar-refractivity contribution is -0.152. The minimum absolute atomic E-state index is 0.117. The summed E-state index contributed by atoms with van der Waals surface area (Å²) >= 11 is 0. The summed E-state index contributed by atoms with van der Waals surface area (Å²) in [6.45, 7) is 7.34. The van der Waals surface area contributed by atoms with Crippen LogP contribution in [0, 0.1) is 6.92 Å². The SMILES string of the molecule is CCOC(=O)N1CCN(C(=O)C(CCC(=O)O)NC(=O)c2cc(OC(C)(C)C(=O)O)c3ccc(C)cc3n2)CC1. The molecule has 1 unspecified atom stereocenters. The number of hydrogen-bond donors (Lipinski definition) is 3. The first kappa shape index (κ1) is 30.1. The first-order valence-electron chi connectivity index (χ1n) is 12.9. The summed E-state index contributed by atoms with van der Waals surface area (Å²) in [6, 6.07) is 5.35. The standard InChI is InChI=1S/C27H34N4O9/c1-5-39-26(38)31-12-10-30(11-13-31)24(35)18(8-9-22(32)33)29-23(34)20-15-21(40-27(3,4)25(36)37)17-7-6-16(2)14-19(17)28-20/h6-7,14-15,18H,5,8-13H2,1-4H3,(H,29,34)(H,32,33)(H,36,37). The van der Waals surface area contributed by atoms with Crippen molar-refractivity contribution < 1.29 is 43.7 Å². The fourth-order valence-electron chi connectivity index (χ4n) is 4.13. The number of hydrogen-bond acceptors (Lipinski definition) is 8. The van der Waals surface area contributed by atoms with Crippen molar-refractivity contribution in [3.8, 4) is 5.75 Å². The smallest absolute Gasteiger partial charge is 0.409 e. The fourth-order valence-corrected chi connectivity index (χ4v) is 4.13. The van der Waals surface area contributed by atoms with E-state index in [1.54, 1.807) is 25.1 Å². The Balaban J connectivity index is 1.86. The number of pyridine rings is 1. The monoisotopic (exact) mass is 558 g/mol. The summed E-state index contributed by atoms with van der Waals surface area (Å²) in [5.74, 6) is -3.47. The van der Waals surface area contributed by atoms with E-state index in [1.807, 2.05) is 6.92 Å². The third kappa shape index (κ3) is 7.36. The highest BCUT2D eigenvalue weighted by Crippen LogP contribution is 2.30. The van der Waals surface area contributed by atoms with Crippen molar-refractivity contribution in [2.24, 2.45) is 0 Å². The number of carbonyl (C=O) groups is 5. The molecular formula is C27H34N4O9. The normalized spacial score (nSPS) is 14.4. The Morgan fingerprint density at radius 3 is 2.30 bits per heavy atom. The van der Waals surface area contributed by atoms with Crippen molar-refractivity contribution in [3.63, 3.8) is 0 Å². The average Bonchev–Trinajstić information content (AvgIpc) is 2.90. The number of amides is 3. The molecule has 1 fully saturated rings. The number of benzene rings is 1. The molecule has 1 aromatic heterocycles. The van der Waals surface area contributed by atoms with E-state index in [0.717, 1.165) is 5.56 Å². The van der Waals surface area contributed by atoms with Crippen LogP contribution in [0.2, 0.25) is 0 Å². The van der Waals surface area contributed by atoms with Gasteiger partial charge in [0.2, 0.25) is 5.91 Å². The molecule has 0 spiro atoms. The van der Waals surface area contributed by atoms with E-state index in [4.69, 9.17) is 9.47 Å². The van der Waals surface area contributed by atoms with Crippen LogP contribution in [0.3, 0.4) is 0 Å². The first-order chi connectivity index (χ1) is 18.8. The van der Waals surface area contributed by atoms with E-state index >= 15 is 0 Å². The molecule has 1 aliphatic rings. The molecule has 13 nitrogen and oxygen atoms in total. The fraction of sp³-hybridized carbons (Fsp3) is 0.481. The number of nitrogens with one attached hydrogen (secondary N) is 1. The molecule has 0 radical (unpaired) electrons. The van der Waals surface area contributed by atoms with Crippen molar-refractivity contribution in [2.45, 2.75) is 52.2 Å². The van der Waals surface area contributed by atoms with Crippen molar-refractivity contribution in [1.29, 1.82) is 0 Å². The lowest BCUT2D eigenvalue weighted by atomic mass is 10.1. The number of aryl methyl sites for hydroxylation is 1. The second-order valence-corrected chi connectivity index (χ2v) is 9.91. The Hall–Kier alpha value is -4.42. The Morgan fingerprint density at radius 2 is 1.70 bits per heavy atom. The number of carboxylic acids is 2. The third-order valence-electron chi connectivity index (χ3n) is 6.41. The van der Waals surface area contributed by atoms with Gasteiger partial charge in [-0.15, -0.1) is 0 Å². The number of ether oxygens (including phenoxy) is 2. The largest absolute Gasteiger partial charge is 0.481 e. The van der Waals surface area contributed by atoms with Gasteiger partial charge in [-0.2, -0.15) is 0 Å². The van der Waals surface area contributed by atoms with Crippen LogP contribution < -0.4 is 10.1 Å². The van der Waals surface area contributed by atoms with Gasteiger partial charge in [0.1, 0.15) is 17.5 Å². The number of aliphatic carboxylic acids is 2. The minimum atomic E-state index is -1.61. The maximum absolute atomic E-state index is 13.3. The van der Waals surface area contributed by atoms with Crippen molar-refractivity contribution in [3.05, 3.63) is 35.5 Å². The minimum Gasteiger partial charge on any atom is -0.481 e. The summed E-state index contributed by atoms with van der Waals surface area (Å²) in [6.07, 6.45) is -1.02. The van der Waals surface area contributed by atoms with Crippen LogP contribution >= 0.6 is 0 Å². The lowest BCUT2D eigenvalue weighted by Crippen LogP contribution is -2.56. The van der Waals surface area contributed by atoms with E-state index in [-0.39, 0.29) is 57.1 Å². The highest BCUT2D eigenvalue weighted by molar-refractivity contribution is 5.99.